The predicted molar refractivity (Wildman–Crippen MR) is 69.8 cm³/mol. The molecule has 0 bridgehead atoms. The fourth-order valence-electron chi connectivity index (χ4n) is 1.45. The zero-order valence-corrected chi connectivity index (χ0v) is 10.8. The van der Waals surface area contributed by atoms with Crippen LogP contribution in [-0.4, -0.2) is 37.4 Å². The topological polar surface area (TPSA) is 70.6 Å². The van der Waals surface area contributed by atoms with E-state index in [4.69, 9.17) is 9.84 Å². The van der Waals surface area contributed by atoms with Crippen LogP contribution >= 0.6 is 0 Å². The monoisotopic (exact) mass is 252 g/mol. The van der Waals surface area contributed by atoms with Gasteiger partial charge in [0, 0.05) is 13.1 Å². The average Bonchev–Trinajstić information content (AvgIpc) is 2.36. The molecule has 0 aromatic heterocycles. The third-order valence-corrected chi connectivity index (χ3v) is 2.39. The summed E-state index contributed by atoms with van der Waals surface area (Å²) in [6, 6.07) is 7.46. The summed E-state index contributed by atoms with van der Waals surface area (Å²) in [6.45, 7) is 2.42. The molecule has 0 aliphatic carbocycles. The maximum absolute atomic E-state index is 11.3. The zero-order chi connectivity index (χ0) is 13.4. The number of carbonyl (C=O) groups excluding carboxylic acids is 1. The van der Waals surface area contributed by atoms with Crippen molar-refractivity contribution in [3.8, 4) is 5.75 Å². The SMILES string of the molecule is COc1cccc(CCNC(=O)NCC(C)O)c1. The first-order valence-corrected chi connectivity index (χ1v) is 5.94. The van der Waals surface area contributed by atoms with Crippen LogP contribution in [0.5, 0.6) is 5.75 Å². The molecule has 1 atom stereocenters. The minimum Gasteiger partial charge on any atom is -0.497 e. The molecule has 0 aliphatic heterocycles. The quantitative estimate of drug-likeness (QED) is 0.705. The maximum Gasteiger partial charge on any atom is 0.314 e. The molecule has 3 N–H and O–H groups in total. The highest BCUT2D eigenvalue weighted by Gasteiger charge is 2.02. The summed E-state index contributed by atoms with van der Waals surface area (Å²) in [4.78, 5) is 11.3. The van der Waals surface area contributed by atoms with Gasteiger partial charge in [-0.25, -0.2) is 4.79 Å². The Kier molecular flexibility index (Phi) is 6.00. The first kappa shape index (κ1) is 14.3. The molecular weight excluding hydrogens is 232 g/mol. The van der Waals surface area contributed by atoms with Crippen LogP contribution in [0.2, 0.25) is 0 Å². The number of rotatable bonds is 6. The van der Waals surface area contributed by atoms with Gasteiger partial charge in [0.1, 0.15) is 5.75 Å². The summed E-state index contributed by atoms with van der Waals surface area (Å²) in [5, 5.41) is 14.3. The number of hydrogen-bond acceptors (Lipinski definition) is 3. The molecular formula is C13H20N2O3. The predicted octanol–water partition coefficient (Wildman–Crippen LogP) is 0.918. The van der Waals surface area contributed by atoms with Crippen LogP contribution in [0.3, 0.4) is 0 Å². The molecule has 5 nitrogen and oxygen atoms in total. The lowest BCUT2D eigenvalue weighted by molar-refractivity contribution is 0.187. The van der Waals surface area contributed by atoms with Crippen molar-refractivity contribution in [1.82, 2.24) is 10.6 Å². The van der Waals surface area contributed by atoms with E-state index < -0.39 is 6.10 Å². The van der Waals surface area contributed by atoms with Crippen molar-refractivity contribution in [3.05, 3.63) is 29.8 Å². The van der Waals surface area contributed by atoms with Crippen LogP contribution in [0.4, 0.5) is 4.79 Å². The fourth-order valence-corrected chi connectivity index (χ4v) is 1.45. The van der Waals surface area contributed by atoms with Crippen LogP contribution in [0.25, 0.3) is 0 Å². The van der Waals surface area contributed by atoms with Crippen LogP contribution in [0.15, 0.2) is 24.3 Å². The van der Waals surface area contributed by atoms with Gasteiger partial charge in [0.25, 0.3) is 0 Å². The Hall–Kier alpha value is -1.75. The lowest BCUT2D eigenvalue weighted by atomic mass is 10.1. The second kappa shape index (κ2) is 7.55. The number of amides is 2. The molecule has 2 amide bonds. The third-order valence-electron chi connectivity index (χ3n) is 2.39. The molecule has 0 heterocycles. The highest BCUT2D eigenvalue weighted by molar-refractivity contribution is 5.73. The zero-order valence-electron chi connectivity index (χ0n) is 10.8. The molecule has 18 heavy (non-hydrogen) atoms. The summed E-state index contributed by atoms with van der Waals surface area (Å²) >= 11 is 0. The van der Waals surface area contributed by atoms with Crippen molar-refractivity contribution >= 4 is 6.03 Å². The van der Waals surface area contributed by atoms with Gasteiger partial charge in [0.15, 0.2) is 0 Å². The second-order valence-electron chi connectivity index (χ2n) is 4.09. The minimum absolute atomic E-state index is 0.255. The smallest absolute Gasteiger partial charge is 0.314 e. The molecule has 0 fully saturated rings. The fraction of sp³-hybridized carbons (Fsp3) is 0.462. The Bertz CT molecular complexity index is 380. The van der Waals surface area contributed by atoms with Crippen LogP contribution < -0.4 is 15.4 Å². The summed E-state index contributed by atoms with van der Waals surface area (Å²) in [5.41, 5.74) is 1.10. The van der Waals surface area contributed by atoms with Gasteiger partial charge < -0.3 is 20.5 Å². The molecule has 0 saturated carbocycles. The largest absolute Gasteiger partial charge is 0.497 e. The van der Waals surface area contributed by atoms with Crippen molar-refractivity contribution in [1.29, 1.82) is 0 Å². The highest BCUT2D eigenvalue weighted by Crippen LogP contribution is 2.12. The summed E-state index contributed by atoms with van der Waals surface area (Å²) in [7, 11) is 1.63. The van der Waals surface area contributed by atoms with E-state index in [1.54, 1.807) is 14.0 Å². The van der Waals surface area contributed by atoms with Gasteiger partial charge in [-0.2, -0.15) is 0 Å². The Labute approximate surface area is 107 Å². The van der Waals surface area contributed by atoms with Crippen molar-refractivity contribution < 1.29 is 14.6 Å². The average molecular weight is 252 g/mol. The van der Waals surface area contributed by atoms with E-state index in [1.807, 2.05) is 24.3 Å². The summed E-state index contributed by atoms with van der Waals surface area (Å²) in [5.74, 6) is 0.811. The number of hydrogen-bond donors (Lipinski definition) is 3. The highest BCUT2D eigenvalue weighted by atomic mass is 16.5. The van der Waals surface area contributed by atoms with E-state index in [0.717, 1.165) is 17.7 Å². The van der Waals surface area contributed by atoms with Crippen molar-refractivity contribution in [2.75, 3.05) is 20.2 Å². The molecule has 0 spiro atoms. The van der Waals surface area contributed by atoms with E-state index in [2.05, 4.69) is 10.6 Å². The Morgan fingerprint density at radius 1 is 1.44 bits per heavy atom. The molecule has 0 radical (unpaired) electrons. The van der Waals surface area contributed by atoms with E-state index in [-0.39, 0.29) is 12.6 Å². The molecule has 5 heteroatoms. The summed E-state index contributed by atoms with van der Waals surface area (Å²) < 4.78 is 5.12. The number of aliphatic hydroxyl groups is 1. The van der Waals surface area contributed by atoms with E-state index in [0.29, 0.717) is 6.54 Å². The van der Waals surface area contributed by atoms with E-state index in [1.165, 1.54) is 0 Å². The molecule has 1 unspecified atom stereocenters. The van der Waals surface area contributed by atoms with Crippen molar-refractivity contribution in [3.63, 3.8) is 0 Å². The standard InChI is InChI=1S/C13H20N2O3/c1-10(16)9-15-13(17)14-7-6-11-4-3-5-12(8-11)18-2/h3-5,8,10,16H,6-7,9H2,1-2H3,(H2,14,15,17). The lowest BCUT2D eigenvalue weighted by Crippen LogP contribution is -2.39. The first-order valence-electron chi connectivity index (χ1n) is 5.94. The van der Waals surface area contributed by atoms with Gasteiger partial charge in [-0.15, -0.1) is 0 Å². The van der Waals surface area contributed by atoms with E-state index >= 15 is 0 Å². The Morgan fingerprint density at radius 2 is 2.22 bits per heavy atom. The number of urea groups is 1. The van der Waals surface area contributed by atoms with Gasteiger partial charge in [0.05, 0.1) is 13.2 Å². The van der Waals surface area contributed by atoms with Crippen molar-refractivity contribution in [2.45, 2.75) is 19.4 Å². The van der Waals surface area contributed by atoms with E-state index in [9.17, 15) is 4.79 Å². The van der Waals surface area contributed by atoms with Gasteiger partial charge in [-0.1, -0.05) is 12.1 Å². The number of benzene rings is 1. The summed E-state index contributed by atoms with van der Waals surface area (Å²) in [6.07, 6.45) is 0.202. The second-order valence-corrected chi connectivity index (χ2v) is 4.09. The number of methoxy groups -OCH3 is 1. The number of ether oxygens (including phenoxy) is 1. The molecule has 0 saturated heterocycles. The number of aliphatic hydroxyl groups excluding tert-OH is 1. The van der Waals surface area contributed by atoms with Gasteiger partial charge >= 0.3 is 6.03 Å². The third kappa shape index (κ3) is 5.54. The van der Waals surface area contributed by atoms with Crippen molar-refractivity contribution in [2.24, 2.45) is 0 Å². The Morgan fingerprint density at radius 3 is 2.89 bits per heavy atom. The van der Waals surface area contributed by atoms with Gasteiger partial charge in [-0.3, -0.25) is 0 Å². The van der Waals surface area contributed by atoms with Crippen LogP contribution in [0.1, 0.15) is 12.5 Å². The molecule has 1 rings (SSSR count). The molecule has 100 valence electrons. The maximum atomic E-state index is 11.3. The minimum atomic E-state index is -0.533. The number of carbonyl (C=O) groups is 1. The molecule has 0 aliphatic rings. The molecule has 1 aromatic carbocycles. The normalized spacial score (nSPS) is 11.7. The van der Waals surface area contributed by atoms with Gasteiger partial charge in [0.2, 0.25) is 0 Å². The Balaban J connectivity index is 2.26. The molecule has 1 aromatic rings. The van der Waals surface area contributed by atoms with Crippen LogP contribution in [-0.2, 0) is 6.42 Å². The van der Waals surface area contributed by atoms with Gasteiger partial charge in [-0.05, 0) is 31.0 Å². The first-order chi connectivity index (χ1) is 8.61. The number of nitrogens with one attached hydrogen (secondary N) is 2. The lowest BCUT2D eigenvalue weighted by Gasteiger charge is -2.09. The van der Waals surface area contributed by atoms with Crippen LogP contribution in [0, 0.1) is 0 Å².